The van der Waals surface area contributed by atoms with Crippen molar-refractivity contribution in [2.45, 2.75) is 102 Å². The van der Waals surface area contributed by atoms with Gasteiger partial charge in [-0.2, -0.15) is 5.10 Å². The van der Waals surface area contributed by atoms with Crippen LogP contribution in [0.2, 0.25) is 0 Å². The quantitative estimate of drug-likeness (QED) is 0.259. The van der Waals surface area contributed by atoms with Gasteiger partial charge in [0.05, 0.1) is 5.69 Å². The second-order valence-corrected chi connectivity index (χ2v) is 13.4. The van der Waals surface area contributed by atoms with Crippen LogP contribution in [0.5, 0.6) is 0 Å². The average Bonchev–Trinajstić information content (AvgIpc) is 3.65. The number of piperidine rings is 1. The summed E-state index contributed by atoms with van der Waals surface area (Å²) in [5.41, 5.74) is 5.31. The Balaban J connectivity index is 1.09. The lowest BCUT2D eigenvalue weighted by atomic mass is 9.83. The predicted octanol–water partition coefficient (Wildman–Crippen LogP) is 6.86. The molecular formula is C37H50N4O2. The van der Waals surface area contributed by atoms with E-state index in [4.69, 9.17) is 5.10 Å². The largest absolute Gasteiger partial charge is 0.480 e. The fourth-order valence-corrected chi connectivity index (χ4v) is 8.40. The van der Waals surface area contributed by atoms with Gasteiger partial charge >= 0.3 is 5.97 Å². The molecule has 0 radical (unpaired) electrons. The van der Waals surface area contributed by atoms with Gasteiger partial charge < -0.3 is 15.3 Å². The zero-order chi connectivity index (χ0) is 29.6. The van der Waals surface area contributed by atoms with Crippen LogP contribution < -0.4 is 5.32 Å². The molecule has 2 N–H and O–H groups in total. The number of rotatable bonds is 11. The summed E-state index contributed by atoms with van der Waals surface area (Å²) in [6.07, 6.45) is 11.0. The number of aryl methyl sites for hydroxylation is 1. The third-order valence-electron chi connectivity index (χ3n) is 10.6. The molecule has 4 atom stereocenters. The second-order valence-electron chi connectivity index (χ2n) is 13.4. The molecule has 0 amide bonds. The van der Waals surface area contributed by atoms with Crippen molar-refractivity contribution in [3.63, 3.8) is 0 Å². The minimum Gasteiger partial charge on any atom is -0.480 e. The Morgan fingerprint density at radius 1 is 0.953 bits per heavy atom. The van der Waals surface area contributed by atoms with Crippen LogP contribution >= 0.6 is 0 Å². The summed E-state index contributed by atoms with van der Waals surface area (Å²) in [7, 11) is 0. The normalized spacial score (nSPS) is 24.7. The predicted molar refractivity (Wildman–Crippen MR) is 172 cm³/mol. The maximum Gasteiger partial charge on any atom is 0.320 e. The van der Waals surface area contributed by atoms with E-state index in [0.29, 0.717) is 17.8 Å². The number of nitrogens with zero attached hydrogens (tertiary/aromatic N) is 3. The van der Waals surface area contributed by atoms with E-state index < -0.39 is 12.0 Å². The molecular weight excluding hydrogens is 532 g/mol. The SMILES string of the molecule is CCn1nc(Cc2ccccc2)cc1C1CCN(C[C@H]2CC(NC(C(=O)O)C3CCCCC3)C[C@@H]2c2ccccc2)CC1. The van der Waals surface area contributed by atoms with Gasteiger partial charge in [-0.3, -0.25) is 9.48 Å². The van der Waals surface area contributed by atoms with Gasteiger partial charge in [0.2, 0.25) is 0 Å². The van der Waals surface area contributed by atoms with Gasteiger partial charge in [-0.25, -0.2) is 0 Å². The molecule has 2 saturated carbocycles. The number of benzene rings is 2. The van der Waals surface area contributed by atoms with Crippen LogP contribution in [0.1, 0.15) is 99.1 Å². The Hall–Kier alpha value is -2.96. The Bertz CT molecular complexity index is 1290. The Kier molecular flexibility index (Phi) is 9.95. The van der Waals surface area contributed by atoms with Crippen LogP contribution in [-0.4, -0.2) is 57.5 Å². The van der Waals surface area contributed by atoms with Crippen molar-refractivity contribution in [2.75, 3.05) is 19.6 Å². The molecule has 6 nitrogen and oxygen atoms in total. The van der Waals surface area contributed by atoms with Gasteiger partial charge in [0.1, 0.15) is 6.04 Å². The molecule has 2 aromatic carbocycles. The molecule has 2 aliphatic carbocycles. The standard InChI is InChI=1S/C37H50N4O2/c1-2-41-35(25-33(39-41)22-27-12-6-3-7-13-27)29-18-20-40(21-19-29)26-31-23-32(24-34(31)28-14-8-4-9-15-28)38-36(37(42)43)30-16-10-5-11-17-30/h3-4,6-9,12-15,25,29-32,34,36,38H,2,5,10-11,16-24,26H2,1H3,(H,42,43)/t31-,32?,34-,36?/m1/s1. The highest BCUT2D eigenvalue weighted by atomic mass is 16.4. The van der Waals surface area contributed by atoms with Crippen LogP contribution in [0.25, 0.3) is 0 Å². The first-order valence-electron chi connectivity index (χ1n) is 16.9. The van der Waals surface area contributed by atoms with Gasteiger partial charge in [0, 0.05) is 37.2 Å². The van der Waals surface area contributed by atoms with E-state index >= 15 is 0 Å². The van der Waals surface area contributed by atoms with Gasteiger partial charge in [-0.1, -0.05) is 79.9 Å². The third kappa shape index (κ3) is 7.41. The molecule has 2 heterocycles. The number of aliphatic carboxylic acids is 1. The van der Waals surface area contributed by atoms with E-state index in [9.17, 15) is 9.90 Å². The van der Waals surface area contributed by atoms with Crippen molar-refractivity contribution in [3.8, 4) is 0 Å². The number of carbonyl (C=O) groups is 1. The molecule has 6 rings (SSSR count). The average molecular weight is 583 g/mol. The monoisotopic (exact) mass is 582 g/mol. The fourth-order valence-electron chi connectivity index (χ4n) is 8.40. The summed E-state index contributed by atoms with van der Waals surface area (Å²) in [4.78, 5) is 15.0. The first-order chi connectivity index (χ1) is 21.1. The molecule has 0 bridgehead atoms. The minimum absolute atomic E-state index is 0.262. The molecule has 1 aliphatic heterocycles. The molecule has 1 aromatic heterocycles. The van der Waals surface area contributed by atoms with E-state index in [1.165, 1.54) is 54.6 Å². The molecule has 0 spiro atoms. The van der Waals surface area contributed by atoms with E-state index in [1.807, 2.05) is 0 Å². The number of likely N-dealkylation sites (tertiary alicyclic amines) is 1. The number of carboxylic acids is 1. The van der Waals surface area contributed by atoms with Crippen molar-refractivity contribution >= 4 is 5.97 Å². The summed E-state index contributed by atoms with van der Waals surface area (Å²) in [5.74, 6) is 1.18. The maximum atomic E-state index is 12.3. The summed E-state index contributed by atoms with van der Waals surface area (Å²) < 4.78 is 2.24. The molecule has 3 aliphatic rings. The van der Waals surface area contributed by atoms with Crippen molar-refractivity contribution in [2.24, 2.45) is 11.8 Å². The highest BCUT2D eigenvalue weighted by Crippen LogP contribution is 2.42. The van der Waals surface area contributed by atoms with E-state index in [1.54, 1.807) is 0 Å². The fraction of sp³-hybridized carbons (Fsp3) is 0.568. The van der Waals surface area contributed by atoms with E-state index in [0.717, 1.165) is 58.3 Å². The van der Waals surface area contributed by atoms with Gasteiger partial charge in [-0.15, -0.1) is 0 Å². The summed E-state index contributed by atoms with van der Waals surface area (Å²) in [6, 6.07) is 23.8. The Morgan fingerprint density at radius 3 is 2.33 bits per heavy atom. The van der Waals surface area contributed by atoms with Gasteiger partial charge in [-0.05, 0) is 93.5 Å². The zero-order valence-corrected chi connectivity index (χ0v) is 25.9. The first kappa shape index (κ1) is 30.1. The minimum atomic E-state index is -0.660. The lowest BCUT2D eigenvalue weighted by Gasteiger charge is -2.35. The van der Waals surface area contributed by atoms with Crippen molar-refractivity contribution in [3.05, 3.63) is 89.2 Å². The molecule has 230 valence electrons. The highest BCUT2D eigenvalue weighted by molar-refractivity contribution is 5.74. The van der Waals surface area contributed by atoms with Crippen LogP contribution in [0.3, 0.4) is 0 Å². The summed E-state index contributed by atoms with van der Waals surface area (Å²) >= 11 is 0. The number of hydrogen-bond donors (Lipinski definition) is 2. The topological polar surface area (TPSA) is 70.4 Å². The Labute approximate surface area is 257 Å². The number of aromatic nitrogens is 2. The molecule has 43 heavy (non-hydrogen) atoms. The first-order valence-corrected chi connectivity index (χ1v) is 16.9. The van der Waals surface area contributed by atoms with Gasteiger partial charge in [0.25, 0.3) is 0 Å². The van der Waals surface area contributed by atoms with Crippen LogP contribution in [-0.2, 0) is 17.8 Å². The molecule has 2 unspecified atom stereocenters. The number of carboxylic acid groups (broad SMARTS) is 1. The van der Waals surface area contributed by atoms with Crippen LogP contribution in [0, 0.1) is 11.8 Å². The Morgan fingerprint density at radius 2 is 1.65 bits per heavy atom. The second kappa shape index (κ2) is 14.2. The lowest BCUT2D eigenvalue weighted by Crippen LogP contribution is -2.48. The zero-order valence-electron chi connectivity index (χ0n) is 25.9. The van der Waals surface area contributed by atoms with Crippen LogP contribution in [0.15, 0.2) is 66.7 Å². The van der Waals surface area contributed by atoms with Crippen LogP contribution in [0.4, 0.5) is 0 Å². The van der Waals surface area contributed by atoms with E-state index in [2.05, 4.69) is 88.6 Å². The number of hydrogen-bond acceptors (Lipinski definition) is 4. The van der Waals surface area contributed by atoms with E-state index in [-0.39, 0.29) is 12.0 Å². The molecule has 3 aromatic rings. The highest BCUT2D eigenvalue weighted by Gasteiger charge is 2.40. The summed E-state index contributed by atoms with van der Waals surface area (Å²) in [6.45, 7) is 6.44. The summed E-state index contributed by atoms with van der Waals surface area (Å²) in [5, 5.41) is 18.8. The molecule has 3 fully saturated rings. The maximum absolute atomic E-state index is 12.3. The lowest BCUT2D eigenvalue weighted by molar-refractivity contribution is -0.141. The number of nitrogens with one attached hydrogen (secondary N) is 1. The van der Waals surface area contributed by atoms with Crippen molar-refractivity contribution in [1.82, 2.24) is 20.0 Å². The molecule has 6 heteroatoms. The molecule has 1 saturated heterocycles. The van der Waals surface area contributed by atoms with Gasteiger partial charge in [0.15, 0.2) is 0 Å². The van der Waals surface area contributed by atoms with Crippen molar-refractivity contribution < 1.29 is 9.90 Å². The van der Waals surface area contributed by atoms with Crippen molar-refractivity contribution in [1.29, 1.82) is 0 Å². The third-order valence-corrected chi connectivity index (χ3v) is 10.6. The smallest absolute Gasteiger partial charge is 0.320 e.